The van der Waals surface area contributed by atoms with Crippen LogP contribution in [0.15, 0.2) is 54.9 Å². The van der Waals surface area contributed by atoms with Crippen molar-refractivity contribution in [1.82, 2.24) is 15.3 Å². The molecule has 1 atom stereocenters. The van der Waals surface area contributed by atoms with Crippen molar-refractivity contribution in [3.63, 3.8) is 0 Å². The molecule has 9 heteroatoms. The number of hydrogen-bond acceptors (Lipinski definition) is 5. The third kappa shape index (κ3) is 6.74. The van der Waals surface area contributed by atoms with E-state index in [0.717, 1.165) is 37.1 Å². The average Bonchev–Trinajstić information content (AvgIpc) is 3.19. The molecule has 0 radical (unpaired) electrons. The van der Waals surface area contributed by atoms with E-state index < -0.39 is 23.4 Å². The molecule has 2 aromatic carbocycles. The average molecular weight is 499 g/mol. The third-order valence-corrected chi connectivity index (χ3v) is 5.89. The Labute approximate surface area is 208 Å². The third-order valence-electron chi connectivity index (χ3n) is 5.89. The molecule has 0 spiro atoms. The van der Waals surface area contributed by atoms with E-state index >= 15 is 0 Å². The van der Waals surface area contributed by atoms with Crippen LogP contribution in [-0.2, 0) is 23.8 Å². The Morgan fingerprint density at radius 3 is 2.42 bits per heavy atom. The van der Waals surface area contributed by atoms with E-state index in [1.54, 1.807) is 6.07 Å². The number of alkyl halides is 3. The summed E-state index contributed by atoms with van der Waals surface area (Å²) in [5.74, 6) is 0.992. The van der Waals surface area contributed by atoms with Gasteiger partial charge in [0.2, 0.25) is 0 Å². The number of aromatic nitrogens is 2. The van der Waals surface area contributed by atoms with Gasteiger partial charge >= 0.3 is 12.3 Å². The first kappa shape index (κ1) is 25.5. The van der Waals surface area contributed by atoms with E-state index in [0.29, 0.717) is 29.5 Å². The van der Waals surface area contributed by atoms with Crippen molar-refractivity contribution in [1.29, 1.82) is 0 Å². The van der Waals surface area contributed by atoms with Gasteiger partial charge in [0.1, 0.15) is 17.7 Å². The zero-order valence-electron chi connectivity index (χ0n) is 20.4. The number of carbonyl (C=O) groups is 1. The summed E-state index contributed by atoms with van der Waals surface area (Å²) in [6, 6.07) is 12.8. The lowest BCUT2D eigenvalue weighted by molar-refractivity contribution is -0.137. The monoisotopic (exact) mass is 498 g/mol. The van der Waals surface area contributed by atoms with Gasteiger partial charge in [-0.05, 0) is 81.3 Å². The van der Waals surface area contributed by atoms with E-state index in [9.17, 15) is 18.0 Å². The summed E-state index contributed by atoms with van der Waals surface area (Å²) in [7, 11) is 0. The number of fused-ring (bicyclic) bond motifs is 1. The number of alkyl carbamates (subject to hydrolysis) is 1. The molecule has 1 aromatic heterocycles. The maximum atomic E-state index is 12.8. The minimum Gasteiger partial charge on any atom is -0.444 e. The van der Waals surface area contributed by atoms with Crippen molar-refractivity contribution in [3.05, 3.63) is 71.5 Å². The first-order chi connectivity index (χ1) is 17.0. The highest BCUT2D eigenvalue weighted by atomic mass is 19.4. The van der Waals surface area contributed by atoms with Crippen molar-refractivity contribution in [3.8, 4) is 11.3 Å². The molecule has 1 unspecified atom stereocenters. The summed E-state index contributed by atoms with van der Waals surface area (Å²) in [6.07, 6.45) is -0.656. The molecule has 1 amide bonds. The van der Waals surface area contributed by atoms with Gasteiger partial charge in [0.05, 0.1) is 11.3 Å². The Kier molecular flexibility index (Phi) is 7.19. The number of benzene rings is 2. The van der Waals surface area contributed by atoms with Gasteiger partial charge in [-0.2, -0.15) is 13.2 Å². The molecular formula is C27H29F3N4O2. The van der Waals surface area contributed by atoms with Crippen LogP contribution in [-0.4, -0.2) is 28.2 Å². The van der Waals surface area contributed by atoms with E-state index in [-0.39, 0.29) is 0 Å². The van der Waals surface area contributed by atoms with Crippen molar-refractivity contribution >= 4 is 17.6 Å². The Morgan fingerprint density at radius 1 is 1.00 bits per heavy atom. The topological polar surface area (TPSA) is 76.1 Å². The zero-order valence-corrected chi connectivity index (χ0v) is 20.4. The number of halogens is 3. The molecule has 6 nitrogen and oxygen atoms in total. The van der Waals surface area contributed by atoms with Gasteiger partial charge in [-0.3, -0.25) is 0 Å². The number of nitrogens with one attached hydrogen (secondary N) is 2. The first-order valence-electron chi connectivity index (χ1n) is 11.8. The number of rotatable bonds is 6. The smallest absolute Gasteiger partial charge is 0.416 e. The van der Waals surface area contributed by atoms with E-state index in [1.807, 2.05) is 26.8 Å². The van der Waals surface area contributed by atoms with Crippen molar-refractivity contribution in [2.45, 2.75) is 51.8 Å². The summed E-state index contributed by atoms with van der Waals surface area (Å²) in [5.41, 5.74) is 3.30. The Hall–Kier alpha value is -3.62. The highest BCUT2D eigenvalue weighted by Crippen LogP contribution is 2.33. The molecule has 36 heavy (non-hydrogen) atoms. The lowest BCUT2D eigenvalue weighted by Crippen LogP contribution is -2.33. The molecule has 2 N–H and O–H groups in total. The molecule has 0 aliphatic heterocycles. The number of anilines is 2. The maximum Gasteiger partial charge on any atom is 0.416 e. The van der Waals surface area contributed by atoms with Crippen molar-refractivity contribution in [2.24, 2.45) is 5.92 Å². The lowest BCUT2D eigenvalue weighted by Gasteiger charge is -2.20. The maximum absolute atomic E-state index is 12.8. The fraction of sp³-hybridized carbons (Fsp3) is 0.370. The standard InChI is InChI=1S/C27H29F3N4O2/c1-26(2,3)36-25(35)31-11-10-17-12-19-6-9-22(14-20(19)13-17)34-24-15-23(32-16-33-24)18-4-7-21(8-5-18)27(28,29)30/h4-9,14-17H,10-13H2,1-3H3,(H,31,35)(H,32,33,34). The summed E-state index contributed by atoms with van der Waals surface area (Å²) >= 11 is 0. The van der Waals surface area contributed by atoms with Crippen LogP contribution in [0.5, 0.6) is 0 Å². The van der Waals surface area contributed by atoms with Gasteiger partial charge in [0, 0.05) is 23.9 Å². The van der Waals surface area contributed by atoms with Gasteiger partial charge in [0.15, 0.2) is 0 Å². The minimum absolute atomic E-state index is 0.398. The molecule has 0 fully saturated rings. The Morgan fingerprint density at radius 2 is 1.72 bits per heavy atom. The van der Waals surface area contributed by atoms with Crippen LogP contribution in [0.4, 0.5) is 29.5 Å². The quantitative estimate of drug-likeness (QED) is 0.404. The van der Waals surface area contributed by atoms with Gasteiger partial charge in [-0.25, -0.2) is 14.8 Å². The number of amides is 1. The van der Waals surface area contributed by atoms with Gasteiger partial charge in [-0.1, -0.05) is 18.2 Å². The van der Waals surface area contributed by atoms with Crippen LogP contribution in [0, 0.1) is 5.92 Å². The summed E-state index contributed by atoms with van der Waals surface area (Å²) < 4.78 is 43.8. The molecule has 1 aliphatic rings. The Balaban J connectivity index is 1.35. The fourth-order valence-electron chi connectivity index (χ4n) is 4.25. The minimum atomic E-state index is -4.38. The first-order valence-corrected chi connectivity index (χ1v) is 11.8. The Bertz CT molecular complexity index is 1220. The molecular weight excluding hydrogens is 469 g/mol. The van der Waals surface area contributed by atoms with Crippen LogP contribution >= 0.6 is 0 Å². The van der Waals surface area contributed by atoms with Crippen LogP contribution in [0.1, 0.15) is 43.9 Å². The predicted octanol–water partition coefficient (Wildman–Crippen LogP) is 6.54. The highest BCUT2D eigenvalue weighted by molar-refractivity contribution is 5.68. The van der Waals surface area contributed by atoms with Gasteiger partial charge < -0.3 is 15.4 Å². The second kappa shape index (κ2) is 10.2. The molecule has 3 aromatic rings. The largest absolute Gasteiger partial charge is 0.444 e. The highest BCUT2D eigenvalue weighted by Gasteiger charge is 2.30. The number of ether oxygens (including phenoxy) is 1. The second-order valence-corrected chi connectivity index (χ2v) is 9.96. The summed E-state index contributed by atoms with van der Waals surface area (Å²) in [4.78, 5) is 20.3. The number of nitrogens with zero attached hydrogens (tertiary/aromatic N) is 2. The molecule has 0 saturated heterocycles. The van der Waals surface area contributed by atoms with Crippen molar-refractivity contribution in [2.75, 3.05) is 11.9 Å². The van der Waals surface area contributed by atoms with Gasteiger partial charge in [0.25, 0.3) is 0 Å². The predicted molar refractivity (Wildman–Crippen MR) is 132 cm³/mol. The molecule has 4 rings (SSSR count). The van der Waals surface area contributed by atoms with Crippen LogP contribution < -0.4 is 10.6 Å². The van der Waals surface area contributed by atoms with Crippen molar-refractivity contribution < 1.29 is 22.7 Å². The summed E-state index contributed by atoms with van der Waals surface area (Å²) in [5, 5.41) is 6.09. The van der Waals surface area contributed by atoms with Gasteiger partial charge in [-0.15, -0.1) is 0 Å². The van der Waals surface area contributed by atoms with Crippen LogP contribution in [0.25, 0.3) is 11.3 Å². The molecule has 190 valence electrons. The van der Waals surface area contributed by atoms with Crippen LogP contribution in [0.2, 0.25) is 0 Å². The molecule has 1 aliphatic carbocycles. The molecule has 0 bridgehead atoms. The second-order valence-electron chi connectivity index (χ2n) is 9.96. The fourth-order valence-corrected chi connectivity index (χ4v) is 4.25. The number of carbonyl (C=O) groups excluding carboxylic acids is 1. The SMILES string of the molecule is CC(C)(C)OC(=O)NCCC1Cc2ccc(Nc3cc(-c4ccc(C(F)(F)F)cc4)ncn3)cc2C1. The number of hydrogen-bond donors (Lipinski definition) is 2. The van der Waals surface area contributed by atoms with E-state index in [1.165, 1.54) is 29.6 Å². The van der Waals surface area contributed by atoms with E-state index in [2.05, 4.69) is 32.7 Å². The zero-order chi connectivity index (χ0) is 25.9. The molecule has 0 saturated carbocycles. The lowest BCUT2D eigenvalue weighted by atomic mass is 10.0. The van der Waals surface area contributed by atoms with Crippen LogP contribution in [0.3, 0.4) is 0 Å². The summed E-state index contributed by atoms with van der Waals surface area (Å²) in [6.45, 7) is 6.07. The van der Waals surface area contributed by atoms with E-state index in [4.69, 9.17) is 4.74 Å². The normalized spacial score (nSPS) is 15.3. The molecule has 1 heterocycles.